The molecule has 0 spiro atoms. The standard InChI is InChI=1S/C2H3BrO.Na.H/c3-1-2-4;;/h2H,1H2;;. The third-order valence-corrected chi connectivity index (χ3v) is 0.327. The van der Waals surface area contributed by atoms with Gasteiger partial charge >= 0.3 is 29.6 Å². The minimum absolute atomic E-state index is 0. The third kappa shape index (κ3) is 11.1. The minimum atomic E-state index is 0. The number of rotatable bonds is 1. The molecule has 0 fully saturated rings. The van der Waals surface area contributed by atoms with Crippen LogP contribution in [0.15, 0.2) is 0 Å². The van der Waals surface area contributed by atoms with Crippen LogP contribution in [-0.4, -0.2) is 41.2 Å². The van der Waals surface area contributed by atoms with E-state index in [1.807, 2.05) is 0 Å². The average molecular weight is 147 g/mol. The van der Waals surface area contributed by atoms with Gasteiger partial charge < -0.3 is 4.79 Å². The molecule has 0 aromatic rings. The monoisotopic (exact) mass is 146 g/mol. The van der Waals surface area contributed by atoms with E-state index in [1.54, 1.807) is 0 Å². The van der Waals surface area contributed by atoms with Crippen LogP contribution >= 0.6 is 15.9 Å². The summed E-state index contributed by atoms with van der Waals surface area (Å²) in [7, 11) is 0. The summed E-state index contributed by atoms with van der Waals surface area (Å²) in [5.74, 6) is 0. The molecule has 0 aliphatic rings. The third-order valence-electron chi connectivity index (χ3n) is 0.0630. The molecule has 0 aromatic carbocycles. The maximum atomic E-state index is 9.13. The molecule has 0 radical (unpaired) electrons. The van der Waals surface area contributed by atoms with Gasteiger partial charge in [-0.25, -0.2) is 0 Å². The summed E-state index contributed by atoms with van der Waals surface area (Å²) in [6.07, 6.45) is 0.792. The molecule has 0 aliphatic carbocycles. The van der Waals surface area contributed by atoms with Crippen molar-refractivity contribution in [3.05, 3.63) is 0 Å². The number of halogens is 1. The van der Waals surface area contributed by atoms with Crippen molar-refractivity contribution in [1.82, 2.24) is 0 Å². The van der Waals surface area contributed by atoms with Gasteiger partial charge in [-0.1, -0.05) is 15.9 Å². The fourth-order valence-corrected chi connectivity index (χ4v) is 0. The van der Waals surface area contributed by atoms with E-state index in [9.17, 15) is 0 Å². The molecular weight excluding hydrogens is 143 g/mol. The van der Waals surface area contributed by atoms with E-state index in [-0.39, 0.29) is 29.6 Å². The Morgan fingerprint density at radius 1 is 1.80 bits per heavy atom. The molecular formula is C2H4BrNaO. The van der Waals surface area contributed by atoms with Gasteiger partial charge in [-0.15, -0.1) is 0 Å². The van der Waals surface area contributed by atoms with Gasteiger partial charge in [-0.3, -0.25) is 0 Å². The molecule has 0 rings (SSSR count). The molecule has 0 saturated heterocycles. The van der Waals surface area contributed by atoms with E-state index in [1.165, 1.54) is 0 Å². The van der Waals surface area contributed by atoms with Crippen molar-refractivity contribution in [2.45, 2.75) is 0 Å². The Morgan fingerprint density at radius 3 is 2.00 bits per heavy atom. The van der Waals surface area contributed by atoms with Gasteiger partial charge in [-0.2, -0.15) is 0 Å². The number of carbonyl (C=O) groups is 1. The van der Waals surface area contributed by atoms with E-state index >= 15 is 0 Å². The first-order valence-electron chi connectivity index (χ1n) is 0.911. The van der Waals surface area contributed by atoms with Gasteiger partial charge in [-0.05, 0) is 0 Å². The van der Waals surface area contributed by atoms with Crippen LogP contribution in [0.1, 0.15) is 0 Å². The Labute approximate surface area is 61.5 Å². The van der Waals surface area contributed by atoms with Gasteiger partial charge in [0.15, 0.2) is 0 Å². The second-order valence-corrected chi connectivity index (χ2v) is 0.968. The van der Waals surface area contributed by atoms with E-state index in [0.29, 0.717) is 5.33 Å². The van der Waals surface area contributed by atoms with Crippen molar-refractivity contribution in [1.29, 1.82) is 0 Å². The summed E-state index contributed by atoms with van der Waals surface area (Å²) in [5.41, 5.74) is 0. The number of hydrogen-bond acceptors (Lipinski definition) is 1. The van der Waals surface area contributed by atoms with Gasteiger partial charge in [0.1, 0.15) is 6.29 Å². The Kier molecular flexibility index (Phi) is 16.9. The predicted octanol–water partition coefficient (Wildman–Crippen LogP) is -0.0683. The summed E-state index contributed by atoms with van der Waals surface area (Å²) >= 11 is 2.88. The zero-order valence-electron chi connectivity index (χ0n) is 2.07. The number of alkyl halides is 1. The Bertz CT molecular complexity index is 23.6. The molecule has 26 valence electrons. The SMILES string of the molecule is O=CCBr.[NaH]. The second-order valence-electron chi connectivity index (χ2n) is 0.321. The van der Waals surface area contributed by atoms with Crippen molar-refractivity contribution in [3.63, 3.8) is 0 Å². The van der Waals surface area contributed by atoms with Crippen molar-refractivity contribution in [2.75, 3.05) is 5.33 Å². The first kappa shape index (κ1) is 9.47. The van der Waals surface area contributed by atoms with Crippen molar-refractivity contribution in [3.8, 4) is 0 Å². The van der Waals surface area contributed by atoms with Crippen LogP contribution in [0.5, 0.6) is 0 Å². The fraction of sp³-hybridized carbons (Fsp3) is 0.500. The Morgan fingerprint density at radius 2 is 2.00 bits per heavy atom. The Hall–Kier alpha value is 1.15. The van der Waals surface area contributed by atoms with Crippen LogP contribution in [-0.2, 0) is 4.79 Å². The number of aldehydes is 1. The summed E-state index contributed by atoms with van der Waals surface area (Å²) in [4.78, 5) is 9.13. The molecule has 0 aliphatic heterocycles. The fourth-order valence-electron chi connectivity index (χ4n) is 0. The van der Waals surface area contributed by atoms with E-state index in [0.717, 1.165) is 6.29 Å². The van der Waals surface area contributed by atoms with E-state index in [4.69, 9.17) is 4.79 Å². The molecule has 0 saturated carbocycles. The van der Waals surface area contributed by atoms with Gasteiger partial charge in [0.2, 0.25) is 0 Å². The van der Waals surface area contributed by atoms with Gasteiger partial charge in [0.05, 0.1) is 5.33 Å². The van der Waals surface area contributed by atoms with Crippen LogP contribution in [0.2, 0.25) is 0 Å². The second kappa shape index (κ2) is 8.94. The maximum absolute atomic E-state index is 9.13. The van der Waals surface area contributed by atoms with E-state index in [2.05, 4.69) is 15.9 Å². The average Bonchev–Trinajstić information content (AvgIpc) is 1.37. The van der Waals surface area contributed by atoms with Gasteiger partial charge in [0.25, 0.3) is 0 Å². The summed E-state index contributed by atoms with van der Waals surface area (Å²) < 4.78 is 0. The van der Waals surface area contributed by atoms with Crippen molar-refractivity contribution >= 4 is 51.8 Å². The van der Waals surface area contributed by atoms with Crippen LogP contribution in [0.25, 0.3) is 0 Å². The predicted molar refractivity (Wildman–Crippen MR) is 27.0 cm³/mol. The zero-order valence-corrected chi connectivity index (χ0v) is 3.66. The topological polar surface area (TPSA) is 17.1 Å². The molecule has 0 bridgehead atoms. The molecule has 0 amide bonds. The molecule has 1 nitrogen and oxygen atoms in total. The number of carbonyl (C=O) groups excluding carboxylic acids is 1. The molecule has 5 heavy (non-hydrogen) atoms. The molecule has 0 unspecified atom stereocenters. The summed E-state index contributed by atoms with van der Waals surface area (Å²) in [5, 5.41) is 0.451. The Balaban J connectivity index is 0. The summed E-state index contributed by atoms with van der Waals surface area (Å²) in [6, 6.07) is 0. The molecule has 0 aromatic heterocycles. The van der Waals surface area contributed by atoms with Crippen LogP contribution in [0.4, 0.5) is 0 Å². The quantitative estimate of drug-likeness (QED) is 0.288. The molecule has 0 atom stereocenters. The summed E-state index contributed by atoms with van der Waals surface area (Å²) in [6.45, 7) is 0. The van der Waals surface area contributed by atoms with Crippen LogP contribution in [0, 0.1) is 0 Å². The van der Waals surface area contributed by atoms with Crippen molar-refractivity contribution in [2.24, 2.45) is 0 Å². The first-order chi connectivity index (χ1) is 1.91. The number of hydrogen-bond donors (Lipinski definition) is 0. The van der Waals surface area contributed by atoms with Crippen LogP contribution < -0.4 is 0 Å². The molecule has 0 N–H and O–H groups in total. The molecule has 0 heterocycles. The van der Waals surface area contributed by atoms with Crippen LogP contribution in [0.3, 0.4) is 0 Å². The normalized spacial score (nSPS) is 5.00. The van der Waals surface area contributed by atoms with E-state index < -0.39 is 0 Å². The zero-order chi connectivity index (χ0) is 3.41. The van der Waals surface area contributed by atoms with Crippen molar-refractivity contribution < 1.29 is 4.79 Å². The molecule has 3 heteroatoms. The van der Waals surface area contributed by atoms with Gasteiger partial charge in [0, 0.05) is 0 Å². The first-order valence-corrected chi connectivity index (χ1v) is 2.03.